The van der Waals surface area contributed by atoms with E-state index in [1.807, 2.05) is 14.1 Å². The Kier molecular flexibility index (Phi) is 4.02. The molecule has 4 nitrogen and oxygen atoms in total. The maximum atomic E-state index is 12.4. The number of benzene rings is 2. The van der Waals surface area contributed by atoms with Gasteiger partial charge >= 0.3 is 0 Å². The Labute approximate surface area is 161 Å². The Bertz CT molecular complexity index is 898. The summed E-state index contributed by atoms with van der Waals surface area (Å²) in [6.07, 6.45) is 4.83. The summed E-state index contributed by atoms with van der Waals surface area (Å²) < 4.78 is 0. The first kappa shape index (κ1) is 17.7. The summed E-state index contributed by atoms with van der Waals surface area (Å²) in [5, 5.41) is 3.32. The van der Waals surface area contributed by atoms with E-state index in [9.17, 15) is 4.79 Å². The summed E-state index contributed by atoms with van der Waals surface area (Å²) in [6, 6.07) is 17.0. The number of hydrogen-bond acceptors (Lipinski definition) is 3. The summed E-state index contributed by atoms with van der Waals surface area (Å²) >= 11 is 0. The molecule has 1 N–H and O–H groups in total. The van der Waals surface area contributed by atoms with E-state index in [0.29, 0.717) is 6.42 Å². The van der Waals surface area contributed by atoms with Gasteiger partial charge < -0.3 is 15.1 Å². The zero-order chi connectivity index (χ0) is 19.2. The Hall–Kier alpha value is -2.75. The molecule has 0 radical (unpaired) electrons. The Morgan fingerprint density at radius 2 is 1.78 bits per heavy atom. The fraction of sp³-hybridized carbons (Fsp3) is 0.348. The van der Waals surface area contributed by atoms with Gasteiger partial charge in [0.15, 0.2) is 0 Å². The molecule has 2 aromatic rings. The second-order valence-electron chi connectivity index (χ2n) is 8.18. The number of fused-ring (bicyclic) bond motifs is 3. The van der Waals surface area contributed by atoms with E-state index in [1.54, 1.807) is 0 Å². The van der Waals surface area contributed by atoms with E-state index in [1.165, 1.54) is 16.9 Å². The molecule has 0 unspecified atom stereocenters. The topological polar surface area (TPSA) is 35.6 Å². The SMILES string of the molecule is CN(C)c1ccc(/C=C/[C@]23NC(=O)CCN2c2ccccc2C3(C)C)cc1. The highest BCUT2D eigenvalue weighted by Gasteiger charge is 2.57. The summed E-state index contributed by atoms with van der Waals surface area (Å²) in [7, 11) is 4.08. The predicted octanol–water partition coefficient (Wildman–Crippen LogP) is 3.78. The third-order valence-corrected chi connectivity index (χ3v) is 6.07. The third kappa shape index (κ3) is 2.62. The molecule has 4 rings (SSSR count). The fourth-order valence-electron chi connectivity index (χ4n) is 4.42. The van der Waals surface area contributed by atoms with E-state index in [0.717, 1.165) is 12.1 Å². The van der Waals surface area contributed by atoms with E-state index >= 15 is 0 Å². The normalized spacial score (nSPS) is 23.1. The van der Waals surface area contributed by atoms with Gasteiger partial charge in [-0.25, -0.2) is 0 Å². The molecule has 2 aromatic carbocycles. The van der Waals surface area contributed by atoms with Gasteiger partial charge in [-0.3, -0.25) is 4.79 Å². The van der Waals surface area contributed by atoms with E-state index < -0.39 is 5.66 Å². The number of hydrogen-bond donors (Lipinski definition) is 1. The van der Waals surface area contributed by atoms with Gasteiger partial charge in [0.1, 0.15) is 5.66 Å². The zero-order valence-corrected chi connectivity index (χ0v) is 16.5. The minimum atomic E-state index is -0.549. The minimum absolute atomic E-state index is 0.111. The Morgan fingerprint density at radius 3 is 2.48 bits per heavy atom. The average Bonchev–Trinajstić information content (AvgIpc) is 2.85. The lowest BCUT2D eigenvalue weighted by molar-refractivity contribution is -0.124. The van der Waals surface area contributed by atoms with Gasteiger partial charge in [-0.15, -0.1) is 0 Å². The number of para-hydroxylation sites is 1. The van der Waals surface area contributed by atoms with Crippen LogP contribution in [0.1, 0.15) is 31.4 Å². The monoisotopic (exact) mass is 361 g/mol. The van der Waals surface area contributed by atoms with Gasteiger partial charge in [-0.05, 0) is 35.4 Å². The van der Waals surface area contributed by atoms with Crippen molar-refractivity contribution < 1.29 is 4.79 Å². The van der Waals surface area contributed by atoms with Crippen LogP contribution in [0.2, 0.25) is 0 Å². The van der Waals surface area contributed by atoms with Gasteiger partial charge in [0, 0.05) is 43.9 Å². The molecule has 2 aliphatic rings. The van der Waals surface area contributed by atoms with Crippen molar-refractivity contribution in [3.05, 3.63) is 65.7 Å². The van der Waals surface area contributed by atoms with Crippen LogP contribution in [0.4, 0.5) is 11.4 Å². The molecule has 27 heavy (non-hydrogen) atoms. The molecule has 0 aromatic heterocycles. The third-order valence-electron chi connectivity index (χ3n) is 6.07. The van der Waals surface area contributed by atoms with Crippen LogP contribution in [0, 0.1) is 0 Å². The molecular formula is C23H27N3O. The van der Waals surface area contributed by atoms with Crippen molar-refractivity contribution >= 4 is 23.4 Å². The van der Waals surface area contributed by atoms with Crippen LogP contribution >= 0.6 is 0 Å². The summed E-state index contributed by atoms with van der Waals surface area (Å²) in [4.78, 5) is 16.8. The van der Waals surface area contributed by atoms with Gasteiger partial charge in [0.25, 0.3) is 0 Å². The predicted molar refractivity (Wildman–Crippen MR) is 112 cm³/mol. The number of anilines is 2. The molecule has 0 bridgehead atoms. The van der Waals surface area contributed by atoms with E-state index in [-0.39, 0.29) is 11.3 Å². The molecule has 0 spiro atoms. The highest BCUT2D eigenvalue weighted by Crippen LogP contribution is 2.52. The van der Waals surface area contributed by atoms with Crippen LogP contribution in [0.3, 0.4) is 0 Å². The minimum Gasteiger partial charge on any atom is -0.378 e. The molecule has 4 heteroatoms. The van der Waals surface area contributed by atoms with Gasteiger partial charge in [0.05, 0.1) is 0 Å². The van der Waals surface area contributed by atoms with Crippen molar-refractivity contribution in [3.8, 4) is 0 Å². The zero-order valence-electron chi connectivity index (χ0n) is 16.5. The van der Waals surface area contributed by atoms with Crippen molar-refractivity contribution in [3.63, 3.8) is 0 Å². The number of nitrogens with zero attached hydrogens (tertiary/aromatic N) is 2. The first-order valence-corrected chi connectivity index (χ1v) is 9.50. The molecule has 1 amide bonds. The van der Waals surface area contributed by atoms with E-state index in [2.05, 4.69) is 89.6 Å². The van der Waals surface area contributed by atoms with Crippen molar-refractivity contribution in [2.24, 2.45) is 0 Å². The maximum absolute atomic E-state index is 12.4. The summed E-state index contributed by atoms with van der Waals surface area (Å²) in [5.74, 6) is 0.111. The highest BCUT2D eigenvalue weighted by molar-refractivity contribution is 5.84. The Balaban J connectivity index is 1.77. The quantitative estimate of drug-likeness (QED) is 0.904. The largest absolute Gasteiger partial charge is 0.378 e. The molecule has 2 heterocycles. The van der Waals surface area contributed by atoms with Crippen LogP contribution in [0.5, 0.6) is 0 Å². The lowest BCUT2D eigenvalue weighted by atomic mass is 9.74. The lowest BCUT2D eigenvalue weighted by Gasteiger charge is -2.49. The van der Waals surface area contributed by atoms with Crippen LogP contribution in [0.15, 0.2) is 54.6 Å². The van der Waals surface area contributed by atoms with Crippen LogP contribution in [-0.4, -0.2) is 32.2 Å². The Morgan fingerprint density at radius 1 is 1.07 bits per heavy atom. The average molecular weight is 361 g/mol. The second-order valence-corrected chi connectivity index (χ2v) is 8.18. The maximum Gasteiger partial charge on any atom is 0.223 e. The molecule has 0 saturated carbocycles. The van der Waals surface area contributed by atoms with Crippen molar-refractivity contribution in [2.45, 2.75) is 31.3 Å². The molecule has 2 aliphatic heterocycles. The molecule has 140 valence electrons. The van der Waals surface area contributed by atoms with Crippen LogP contribution in [0.25, 0.3) is 6.08 Å². The van der Waals surface area contributed by atoms with Gasteiger partial charge in [-0.1, -0.05) is 50.3 Å². The number of amides is 1. The van der Waals surface area contributed by atoms with Crippen LogP contribution in [-0.2, 0) is 10.2 Å². The molecule has 1 fully saturated rings. The first-order valence-electron chi connectivity index (χ1n) is 9.50. The number of carbonyl (C=O) groups is 1. The first-order chi connectivity index (χ1) is 12.8. The molecular weight excluding hydrogens is 334 g/mol. The lowest BCUT2D eigenvalue weighted by Crippen LogP contribution is -2.68. The van der Waals surface area contributed by atoms with Crippen LogP contribution < -0.4 is 15.1 Å². The highest BCUT2D eigenvalue weighted by atomic mass is 16.2. The van der Waals surface area contributed by atoms with Gasteiger partial charge in [-0.2, -0.15) is 0 Å². The standard InChI is InChI=1S/C23H27N3O/c1-22(2)19-7-5-6-8-20(19)26-16-14-21(27)24-23(22,26)15-13-17-9-11-18(12-10-17)25(3)4/h5-13,15H,14,16H2,1-4H3,(H,24,27)/b15-13+/t23-/m0/s1. The second kappa shape index (κ2) is 6.15. The molecule has 0 aliphatic carbocycles. The smallest absolute Gasteiger partial charge is 0.223 e. The molecule has 1 saturated heterocycles. The fourth-order valence-corrected chi connectivity index (χ4v) is 4.42. The number of rotatable bonds is 3. The summed E-state index contributed by atoms with van der Waals surface area (Å²) in [5.41, 5.74) is 4.01. The van der Waals surface area contributed by atoms with E-state index in [4.69, 9.17) is 0 Å². The number of nitrogens with one attached hydrogen (secondary N) is 1. The van der Waals surface area contributed by atoms with Crippen molar-refractivity contribution in [1.82, 2.24) is 5.32 Å². The number of carbonyl (C=O) groups excluding carboxylic acids is 1. The molecule has 1 atom stereocenters. The summed E-state index contributed by atoms with van der Waals surface area (Å²) in [6.45, 7) is 5.17. The van der Waals surface area contributed by atoms with Crippen molar-refractivity contribution in [2.75, 3.05) is 30.4 Å². The van der Waals surface area contributed by atoms with Gasteiger partial charge in [0.2, 0.25) is 5.91 Å². The van der Waals surface area contributed by atoms with Crippen molar-refractivity contribution in [1.29, 1.82) is 0 Å².